The third-order valence-corrected chi connectivity index (χ3v) is 6.12. The average molecular weight is 416 g/mol. The van der Waals surface area contributed by atoms with E-state index in [0.717, 1.165) is 23.1 Å². The van der Waals surface area contributed by atoms with Crippen molar-refractivity contribution in [1.82, 2.24) is 0 Å². The lowest BCUT2D eigenvalue weighted by molar-refractivity contribution is -0.112. The summed E-state index contributed by atoms with van der Waals surface area (Å²) in [7, 11) is 0. The standard InChI is InChI=1S/C27H33N3O/c1-17(2)30-25-12-19(4)21(14-24(25)20(5)15-27(30,6)7)13-22(16-28)26(31)29-23-10-8-9-18(3)11-23/h8-14,17,20H,15H2,1-7H3,(H,29,31)/b22-13-/t20-/m1/s1. The van der Waals surface area contributed by atoms with Crippen molar-refractivity contribution in [2.75, 3.05) is 10.2 Å². The van der Waals surface area contributed by atoms with Crippen LogP contribution in [-0.4, -0.2) is 17.5 Å². The Morgan fingerprint density at radius 2 is 1.97 bits per heavy atom. The van der Waals surface area contributed by atoms with E-state index in [4.69, 9.17) is 0 Å². The zero-order valence-corrected chi connectivity index (χ0v) is 19.7. The minimum Gasteiger partial charge on any atom is -0.364 e. The average Bonchev–Trinajstić information content (AvgIpc) is 2.65. The summed E-state index contributed by atoms with van der Waals surface area (Å²) in [4.78, 5) is 15.2. The first kappa shape index (κ1) is 22.6. The molecule has 162 valence electrons. The van der Waals surface area contributed by atoms with E-state index in [1.807, 2.05) is 38.1 Å². The van der Waals surface area contributed by atoms with Crippen molar-refractivity contribution in [1.29, 1.82) is 5.26 Å². The zero-order valence-electron chi connectivity index (χ0n) is 19.7. The molecule has 0 bridgehead atoms. The van der Waals surface area contributed by atoms with Gasteiger partial charge in [0.15, 0.2) is 0 Å². The van der Waals surface area contributed by atoms with Gasteiger partial charge in [-0.15, -0.1) is 0 Å². The minimum absolute atomic E-state index is 0.0793. The van der Waals surface area contributed by atoms with Crippen LogP contribution in [0.3, 0.4) is 0 Å². The number of amides is 1. The van der Waals surface area contributed by atoms with Crippen molar-refractivity contribution < 1.29 is 4.79 Å². The Balaban J connectivity index is 1.99. The van der Waals surface area contributed by atoms with Crippen LogP contribution in [0.5, 0.6) is 0 Å². The number of anilines is 2. The second-order valence-corrected chi connectivity index (χ2v) is 9.64. The summed E-state index contributed by atoms with van der Waals surface area (Å²) in [6, 6.07) is 14.4. The van der Waals surface area contributed by atoms with Crippen molar-refractivity contribution in [2.24, 2.45) is 0 Å². The van der Waals surface area contributed by atoms with E-state index < -0.39 is 0 Å². The third-order valence-electron chi connectivity index (χ3n) is 6.12. The van der Waals surface area contributed by atoms with E-state index >= 15 is 0 Å². The summed E-state index contributed by atoms with van der Waals surface area (Å²) >= 11 is 0. The summed E-state index contributed by atoms with van der Waals surface area (Å²) in [6.07, 6.45) is 2.77. The van der Waals surface area contributed by atoms with E-state index in [9.17, 15) is 10.1 Å². The van der Waals surface area contributed by atoms with Crippen LogP contribution in [0.4, 0.5) is 11.4 Å². The molecule has 0 saturated heterocycles. The molecule has 0 unspecified atom stereocenters. The van der Waals surface area contributed by atoms with Crippen molar-refractivity contribution in [3.05, 3.63) is 64.2 Å². The van der Waals surface area contributed by atoms with Crippen molar-refractivity contribution in [2.45, 2.75) is 72.4 Å². The van der Waals surface area contributed by atoms with E-state index in [1.165, 1.54) is 11.3 Å². The van der Waals surface area contributed by atoms with Gasteiger partial charge < -0.3 is 10.2 Å². The largest absolute Gasteiger partial charge is 0.364 e. The van der Waals surface area contributed by atoms with Gasteiger partial charge in [-0.1, -0.05) is 19.1 Å². The molecule has 1 atom stereocenters. The molecule has 0 radical (unpaired) electrons. The van der Waals surface area contributed by atoms with Crippen molar-refractivity contribution in [3.8, 4) is 6.07 Å². The van der Waals surface area contributed by atoms with E-state index in [0.29, 0.717) is 17.6 Å². The van der Waals surface area contributed by atoms with Crippen LogP contribution < -0.4 is 10.2 Å². The Morgan fingerprint density at radius 1 is 1.26 bits per heavy atom. The van der Waals surface area contributed by atoms with Gasteiger partial charge in [0.1, 0.15) is 11.6 Å². The first-order chi connectivity index (χ1) is 14.5. The normalized spacial score (nSPS) is 17.8. The predicted octanol–water partition coefficient (Wildman–Crippen LogP) is 6.35. The maximum atomic E-state index is 12.7. The lowest BCUT2D eigenvalue weighted by Crippen LogP contribution is -2.51. The fraction of sp³-hybridized carbons (Fsp3) is 0.407. The van der Waals surface area contributed by atoms with Crippen LogP contribution in [0.2, 0.25) is 0 Å². The van der Waals surface area contributed by atoms with Crippen LogP contribution in [0, 0.1) is 25.2 Å². The highest BCUT2D eigenvalue weighted by Crippen LogP contribution is 2.45. The minimum atomic E-state index is -0.386. The summed E-state index contributed by atoms with van der Waals surface area (Å²) in [6.45, 7) is 15.3. The number of benzene rings is 2. The molecule has 1 heterocycles. The summed E-state index contributed by atoms with van der Waals surface area (Å²) in [5.41, 5.74) is 6.45. The molecule has 1 amide bonds. The number of carbonyl (C=O) groups excluding carboxylic acids is 1. The highest BCUT2D eigenvalue weighted by molar-refractivity contribution is 6.09. The molecule has 31 heavy (non-hydrogen) atoms. The van der Waals surface area contributed by atoms with Crippen molar-refractivity contribution in [3.63, 3.8) is 0 Å². The molecule has 0 aliphatic carbocycles. The number of carbonyl (C=O) groups is 1. The van der Waals surface area contributed by atoms with Gasteiger partial charge in [-0.2, -0.15) is 5.26 Å². The second kappa shape index (κ2) is 8.59. The monoisotopic (exact) mass is 415 g/mol. The third kappa shape index (κ3) is 4.66. The highest BCUT2D eigenvalue weighted by Gasteiger charge is 2.37. The van der Waals surface area contributed by atoms with Crippen molar-refractivity contribution >= 4 is 23.4 Å². The summed E-state index contributed by atoms with van der Waals surface area (Å²) in [5.74, 6) is 0.0163. The van der Waals surface area contributed by atoms with Gasteiger partial charge in [0.05, 0.1) is 0 Å². The lowest BCUT2D eigenvalue weighted by Gasteiger charge is -2.50. The van der Waals surface area contributed by atoms with E-state index in [1.54, 1.807) is 6.08 Å². The number of aryl methyl sites for hydroxylation is 2. The van der Waals surface area contributed by atoms with Gasteiger partial charge in [-0.25, -0.2) is 0 Å². The molecular formula is C27H33N3O. The molecule has 0 spiro atoms. The molecule has 0 fully saturated rings. The molecule has 1 N–H and O–H groups in total. The Morgan fingerprint density at radius 3 is 2.58 bits per heavy atom. The van der Waals surface area contributed by atoms with Gasteiger partial charge in [-0.05, 0) is 106 Å². The smallest absolute Gasteiger partial charge is 0.266 e. The lowest BCUT2D eigenvalue weighted by atomic mass is 9.78. The second-order valence-electron chi connectivity index (χ2n) is 9.64. The topological polar surface area (TPSA) is 56.1 Å². The van der Waals surface area contributed by atoms with E-state index in [-0.39, 0.29) is 17.0 Å². The molecular weight excluding hydrogens is 382 g/mol. The molecule has 3 rings (SSSR count). The number of hydrogen-bond acceptors (Lipinski definition) is 3. The Hall–Kier alpha value is -3.06. The maximum absolute atomic E-state index is 12.7. The molecule has 2 aromatic rings. The van der Waals surface area contributed by atoms with Gasteiger partial charge in [-0.3, -0.25) is 4.79 Å². The Bertz CT molecular complexity index is 1070. The first-order valence-electron chi connectivity index (χ1n) is 11.0. The molecule has 4 nitrogen and oxygen atoms in total. The van der Waals surface area contributed by atoms with Crippen LogP contribution in [-0.2, 0) is 4.79 Å². The first-order valence-corrected chi connectivity index (χ1v) is 11.0. The fourth-order valence-corrected chi connectivity index (χ4v) is 4.97. The number of rotatable bonds is 4. The van der Waals surface area contributed by atoms with Crippen LogP contribution in [0.1, 0.15) is 69.2 Å². The van der Waals surface area contributed by atoms with Gasteiger partial charge in [0.25, 0.3) is 5.91 Å². The van der Waals surface area contributed by atoms with Gasteiger partial charge >= 0.3 is 0 Å². The number of hydrogen-bond donors (Lipinski definition) is 1. The van der Waals surface area contributed by atoms with Crippen LogP contribution in [0.15, 0.2) is 42.0 Å². The highest BCUT2D eigenvalue weighted by atomic mass is 16.1. The number of nitrogens with one attached hydrogen (secondary N) is 1. The van der Waals surface area contributed by atoms with Gasteiger partial charge in [0.2, 0.25) is 0 Å². The Kier molecular flexibility index (Phi) is 6.27. The van der Waals surface area contributed by atoms with E-state index in [2.05, 4.69) is 63.0 Å². The number of nitriles is 1. The zero-order chi connectivity index (χ0) is 22.9. The molecule has 2 aromatic carbocycles. The molecule has 4 heteroatoms. The number of fused-ring (bicyclic) bond motifs is 1. The molecule has 0 aromatic heterocycles. The quantitative estimate of drug-likeness (QED) is 0.467. The SMILES string of the molecule is Cc1cccc(NC(=O)/C(C#N)=C\c2cc3c(cc2C)N(C(C)C)C(C)(C)C[C@H]3C)c1. The summed E-state index contributed by atoms with van der Waals surface area (Å²) < 4.78 is 0. The van der Waals surface area contributed by atoms with Gasteiger partial charge in [0, 0.05) is 23.0 Å². The molecule has 1 aliphatic rings. The van der Waals surface area contributed by atoms with Crippen LogP contribution in [0.25, 0.3) is 6.08 Å². The number of nitrogens with zero attached hydrogens (tertiary/aromatic N) is 2. The molecule has 1 aliphatic heterocycles. The molecule has 0 saturated carbocycles. The maximum Gasteiger partial charge on any atom is 0.266 e. The summed E-state index contributed by atoms with van der Waals surface area (Å²) in [5, 5.41) is 12.5. The predicted molar refractivity (Wildman–Crippen MR) is 129 cm³/mol. The van der Waals surface area contributed by atoms with Crippen LogP contribution >= 0.6 is 0 Å². The Labute approximate surface area is 186 Å². The fourth-order valence-electron chi connectivity index (χ4n) is 4.97.